The summed E-state index contributed by atoms with van der Waals surface area (Å²) in [7, 11) is 0. The Balaban J connectivity index is 2.42. The molecule has 1 aliphatic rings. The van der Waals surface area contributed by atoms with Crippen LogP contribution in [-0.2, 0) is 0 Å². The van der Waals surface area contributed by atoms with Crippen LogP contribution < -0.4 is 5.32 Å². The molecule has 0 amide bonds. The van der Waals surface area contributed by atoms with Gasteiger partial charge in [0.05, 0.1) is 5.37 Å². The number of hydrogen-bond donors (Lipinski definition) is 1. The number of nitrogens with one attached hydrogen (secondary N) is 1. The minimum absolute atomic E-state index is 0.539. The second-order valence-electron chi connectivity index (χ2n) is 2.40. The van der Waals surface area contributed by atoms with Crippen LogP contribution in [0.4, 0.5) is 5.69 Å². The molecule has 0 fully saturated rings. The molecule has 1 nitrogen and oxygen atoms in total. The molecule has 2 rings (SSSR count). The van der Waals surface area contributed by atoms with Gasteiger partial charge in [0.2, 0.25) is 0 Å². The van der Waals surface area contributed by atoms with Crippen molar-refractivity contribution in [1.82, 2.24) is 0 Å². The summed E-state index contributed by atoms with van der Waals surface area (Å²) in [5.74, 6) is 0. The molecule has 1 heterocycles. The average Bonchev–Trinajstić information content (AvgIpc) is 2.27. The Kier molecular flexibility index (Phi) is 1.34. The van der Waals surface area contributed by atoms with Crippen LogP contribution in [0.5, 0.6) is 0 Å². The van der Waals surface area contributed by atoms with Crippen molar-refractivity contribution in [3.63, 3.8) is 0 Å². The first-order chi connectivity index (χ1) is 4.86. The number of fused-ring (bicyclic) bond motifs is 1. The van der Waals surface area contributed by atoms with E-state index in [4.69, 9.17) is 0 Å². The van der Waals surface area contributed by atoms with Crippen molar-refractivity contribution in [1.29, 1.82) is 0 Å². The third kappa shape index (κ3) is 0.886. The van der Waals surface area contributed by atoms with Gasteiger partial charge >= 0.3 is 0 Å². The van der Waals surface area contributed by atoms with Crippen LogP contribution in [0.25, 0.3) is 0 Å². The van der Waals surface area contributed by atoms with Gasteiger partial charge in [-0.1, -0.05) is 23.9 Å². The lowest BCUT2D eigenvalue weighted by atomic mass is 10.3. The highest BCUT2D eigenvalue weighted by atomic mass is 32.2. The largest absolute Gasteiger partial charge is 0.372 e. The van der Waals surface area contributed by atoms with Crippen LogP contribution in [0.2, 0.25) is 0 Å². The third-order valence-electron chi connectivity index (χ3n) is 1.55. The fourth-order valence-electron chi connectivity index (χ4n) is 1.13. The van der Waals surface area contributed by atoms with Crippen LogP contribution in [0.3, 0.4) is 0 Å². The lowest BCUT2D eigenvalue weighted by Crippen LogP contribution is -2.02. The molecule has 0 unspecified atom stereocenters. The van der Waals surface area contributed by atoms with E-state index >= 15 is 0 Å². The van der Waals surface area contributed by atoms with E-state index in [1.807, 2.05) is 11.8 Å². The molecule has 0 aliphatic carbocycles. The predicted molar refractivity (Wildman–Crippen MR) is 45.4 cm³/mol. The van der Waals surface area contributed by atoms with Gasteiger partial charge in [0.15, 0.2) is 0 Å². The Hall–Kier alpha value is -0.630. The van der Waals surface area contributed by atoms with E-state index < -0.39 is 0 Å². The molecule has 10 heavy (non-hydrogen) atoms. The van der Waals surface area contributed by atoms with E-state index in [9.17, 15) is 0 Å². The molecule has 0 saturated heterocycles. The SMILES string of the molecule is C[C@@H]1Nc2ccccc2S1. The molecular formula is C8H9NS. The summed E-state index contributed by atoms with van der Waals surface area (Å²) in [5.41, 5.74) is 1.28. The first kappa shape index (κ1) is 6.10. The number of para-hydroxylation sites is 1. The van der Waals surface area contributed by atoms with Crippen LogP contribution in [0, 0.1) is 0 Å². The second kappa shape index (κ2) is 2.20. The zero-order valence-electron chi connectivity index (χ0n) is 5.79. The van der Waals surface area contributed by atoms with E-state index in [1.165, 1.54) is 10.6 Å². The van der Waals surface area contributed by atoms with Crippen molar-refractivity contribution in [3.8, 4) is 0 Å². The predicted octanol–water partition coefficient (Wildman–Crippen LogP) is 2.55. The zero-order valence-corrected chi connectivity index (χ0v) is 6.61. The molecule has 0 aromatic heterocycles. The normalized spacial score (nSPS) is 21.9. The molecule has 1 N–H and O–H groups in total. The molecule has 52 valence electrons. The monoisotopic (exact) mass is 151 g/mol. The molecule has 2 heteroatoms. The van der Waals surface area contributed by atoms with Gasteiger partial charge in [-0.2, -0.15) is 0 Å². The van der Waals surface area contributed by atoms with Gasteiger partial charge in [-0.3, -0.25) is 0 Å². The van der Waals surface area contributed by atoms with Gasteiger partial charge in [0.25, 0.3) is 0 Å². The average molecular weight is 151 g/mol. The Labute approximate surface area is 64.8 Å². The number of rotatable bonds is 0. The van der Waals surface area contributed by atoms with Crippen molar-refractivity contribution in [2.75, 3.05) is 5.32 Å². The Bertz CT molecular complexity index is 222. The van der Waals surface area contributed by atoms with Gasteiger partial charge < -0.3 is 5.32 Å². The second-order valence-corrected chi connectivity index (χ2v) is 3.78. The highest BCUT2D eigenvalue weighted by Gasteiger charge is 2.15. The van der Waals surface area contributed by atoms with Crippen molar-refractivity contribution in [2.24, 2.45) is 0 Å². The van der Waals surface area contributed by atoms with E-state index in [-0.39, 0.29) is 0 Å². The summed E-state index contributed by atoms with van der Waals surface area (Å²) in [4.78, 5) is 1.37. The van der Waals surface area contributed by atoms with E-state index in [0.717, 1.165) is 0 Å². The van der Waals surface area contributed by atoms with E-state index in [2.05, 4.69) is 36.5 Å². The number of benzene rings is 1. The molecule has 0 saturated carbocycles. The lowest BCUT2D eigenvalue weighted by molar-refractivity contribution is 1.15. The van der Waals surface area contributed by atoms with Crippen LogP contribution >= 0.6 is 11.8 Å². The van der Waals surface area contributed by atoms with Crippen molar-refractivity contribution in [3.05, 3.63) is 24.3 Å². The third-order valence-corrected chi connectivity index (χ3v) is 2.63. The van der Waals surface area contributed by atoms with E-state index in [0.29, 0.717) is 5.37 Å². The molecular weight excluding hydrogens is 142 g/mol. The molecule has 1 atom stereocenters. The fraction of sp³-hybridized carbons (Fsp3) is 0.250. The maximum absolute atomic E-state index is 3.36. The lowest BCUT2D eigenvalue weighted by Gasteiger charge is -1.98. The van der Waals surface area contributed by atoms with Crippen molar-refractivity contribution >= 4 is 17.4 Å². The highest BCUT2D eigenvalue weighted by Crippen LogP contribution is 2.37. The fourth-order valence-corrected chi connectivity index (χ4v) is 2.11. The number of anilines is 1. The Morgan fingerprint density at radius 3 is 3.00 bits per heavy atom. The molecule has 1 aromatic rings. The zero-order chi connectivity index (χ0) is 6.97. The summed E-state index contributed by atoms with van der Waals surface area (Å²) in [6.07, 6.45) is 0. The van der Waals surface area contributed by atoms with Crippen molar-refractivity contribution in [2.45, 2.75) is 17.2 Å². The topological polar surface area (TPSA) is 12.0 Å². The maximum Gasteiger partial charge on any atom is 0.0741 e. The summed E-state index contributed by atoms with van der Waals surface area (Å²) >= 11 is 1.88. The van der Waals surface area contributed by atoms with Crippen LogP contribution in [0.15, 0.2) is 29.2 Å². The molecule has 1 aromatic carbocycles. The Morgan fingerprint density at radius 1 is 1.40 bits per heavy atom. The summed E-state index contributed by atoms with van der Waals surface area (Å²) in [5, 5.41) is 3.90. The number of hydrogen-bond acceptors (Lipinski definition) is 2. The minimum Gasteiger partial charge on any atom is -0.372 e. The van der Waals surface area contributed by atoms with Gasteiger partial charge in [-0.25, -0.2) is 0 Å². The summed E-state index contributed by atoms with van der Waals surface area (Å²) in [6.45, 7) is 2.17. The van der Waals surface area contributed by atoms with Gasteiger partial charge in [0, 0.05) is 10.6 Å². The maximum atomic E-state index is 3.36. The standard InChI is InChI=1S/C8H9NS/c1-6-9-7-4-2-3-5-8(7)10-6/h2-6,9H,1H3/t6-/m1/s1. The minimum atomic E-state index is 0.539. The van der Waals surface area contributed by atoms with Gasteiger partial charge in [-0.15, -0.1) is 0 Å². The summed E-state index contributed by atoms with van der Waals surface area (Å²) < 4.78 is 0. The molecule has 0 spiro atoms. The first-order valence-electron chi connectivity index (χ1n) is 3.38. The van der Waals surface area contributed by atoms with E-state index in [1.54, 1.807) is 0 Å². The first-order valence-corrected chi connectivity index (χ1v) is 4.26. The van der Waals surface area contributed by atoms with Gasteiger partial charge in [0.1, 0.15) is 0 Å². The van der Waals surface area contributed by atoms with Crippen LogP contribution in [-0.4, -0.2) is 5.37 Å². The smallest absolute Gasteiger partial charge is 0.0741 e. The Morgan fingerprint density at radius 2 is 2.20 bits per heavy atom. The molecule has 0 bridgehead atoms. The van der Waals surface area contributed by atoms with Crippen LogP contribution in [0.1, 0.15) is 6.92 Å². The number of thioether (sulfide) groups is 1. The van der Waals surface area contributed by atoms with Gasteiger partial charge in [-0.05, 0) is 19.1 Å². The molecule has 0 radical (unpaired) electrons. The highest BCUT2D eigenvalue weighted by molar-refractivity contribution is 8.00. The summed E-state index contributed by atoms with van der Waals surface area (Å²) in [6, 6.07) is 8.40. The quantitative estimate of drug-likeness (QED) is 0.611. The molecule has 1 aliphatic heterocycles. The van der Waals surface area contributed by atoms with Crippen molar-refractivity contribution < 1.29 is 0 Å².